The molecule has 0 bridgehead atoms. The van der Waals surface area contributed by atoms with Crippen molar-refractivity contribution >= 4 is 11.7 Å². The molecule has 1 aromatic rings. The van der Waals surface area contributed by atoms with Gasteiger partial charge >= 0.3 is 6.03 Å². The number of rotatable bonds is 1. The van der Waals surface area contributed by atoms with Crippen LogP contribution in [-0.4, -0.2) is 35.0 Å². The Kier molecular flexibility index (Phi) is 2.68. The van der Waals surface area contributed by atoms with Crippen LogP contribution in [0.4, 0.5) is 10.5 Å². The van der Waals surface area contributed by atoms with Gasteiger partial charge in [-0.15, -0.1) is 0 Å². The van der Waals surface area contributed by atoms with E-state index in [4.69, 9.17) is 0 Å². The molecule has 0 unspecified atom stereocenters. The van der Waals surface area contributed by atoms with Crippen molar-refractivity contribution in [3.63, 3.8) is 0 Å². The van der Waals surface area contributed by atoms with Gasteiger partial charge in [0, 0.05) is 12.2 Å². The van der Waals surface area contributed by atoms with Crippen molar-refractivity contribution in [2.75, 3.05) is 18.4 Å². The summed E-state index contributed by atoms with van der Waals surface area (Å²) in [5, 5.41) is 6.23. The lowest BCUT2D eigenvalue weighted by Crippen LogP contribution is -2.49. The molecule has 0 spiro atoms. The second kappa shape index (κ2) is 4.33. The Labute approximate surface area is 100 Å². The summed E-state index contributed by atoms with van der Waals surface area (Å²) < 4.78 is 0. The van der Waals surface area contributed by atoms with Crippen LogP contribution >= 0.6 is 0 Å². The smallest absolute Gasteiger partial charge is 0.317 e. The average molecular weight is 232 g/mol. The molecule has 2 amide bonds. The molecule has 0 aliphatic carbocycles. The van der Waals surface area contributed by atoms with Crippen LogP contribution in [0, 0.1) is 0 Å². The number of anilines is 1. The minimum Gasteiger partial charge on any atom is -0.317 e. The Morgan fingerprint density at radius 2 is 2.18 bits per heavy atom. The molecule has 5 nitrogen and oxygen atoms in total. The van der Waals surface area contributed by atoms with Gasteiger partial charge in [0.2, 0.25) is 0 Å². The molecule has 1 aromatic heterocycles. The highest BCUT2D eigenvalue weighted by Gasteiger charge is 2.30. The standard InChI is InChI=1S/C12H16N4O/c17-12-15-10-2-1-5-14-11(10)8-16(12)9-3-6-13-7-4-9/h1-2,5,9,13H,3-4,6-8H2,(H,15,17). The second-order valence-electron chi connectivity index (χ2n) is 4.54. The summed E-state index contributed by atoms with van der Waals surface area (Å²) in [6.07, 6.45) is 3.82. The molecule has 2 aliphatic rings. The van der Waals surface area contributed by atoms with Crippen molar-refractivity contribution in [2.24, 2.45) is 0 Å². The number of nitrogens with one attached hydrogen (secondary N) is 2. The van der Waals surface area contributed by atoms with Crippen LogP contribution in [0.3, 0.4) is 0 Å². The van der Waals surface area contributed by atoms with E-state index in [0.29, 0.717) is 12.6 Å². The molecule has 3 rings (SSSR count). The van der Waals surface area contributed by atoms with Crippen LogP contribution < -0.4 is 10.6 Å². The van der Waals surface area contributed by atoms with Crippen molar-refractivity contribution in [3.8, 4) is 0 Å². The van der Waals surface area contributed by atoms with Crippen molar-refractivity contribution in [1.29, 1.82) is 0 Å². The van der Waals surface area contributed by atoms with E-state index in [1.807, 2.05) is 17.0 Å². The number of carbonyl (C=O) groups excluding carboxylic acids is 1. The summed E-state index contributed by atoms with van der Waals surface area (Å²) in [6, 6.07) is 4.10. The van der Waals surface area contributed by atoms with E-state index < -0.39 is 0 Å². The number of aromatic nitrogens is 1. The number of fused-ring (bicyclic) bond motifs is 1. The summed E-state index contributed by atoms with van der Waals surface area (Å²) >= 11 is 0. The quantitative estimate of drug-likeness (QED) is 0.764. The first-order valence-corrected chi connectivity index (χ1v) is 6.07. The van der Waals surface area contributed by atoms with E-state index in [1.54, 1.807) is 6.20 Å². The monoisotopic (exact) mass is 232 g/mol. The normalized spacial score (nSPS) is 20.9. The van der Waals surface area contributed by atoms with Crippen molar-refractivity contribution < 1.29 is 4.79 Å². The molecule has 2 N–H and O–H groups in total. The first kappa shape index (κ1) is 10.5. The van der Waals surface area contributed by atoms with Crippen LogP contribution in [0.5, 0.6) is 0 Å². The number of hydrogen-bond acceptors (Lipinski definition) is 3. The first-order valence-electron chi connectivity index (χ1n) is 6.07. The number of pyridine rings is 1. The fourth-order valence-corrected chi connectivity index (χ4v) is 2.51. The number of urea groups is 1. The molecule has 1 saturated heterocycles. The summed E-state index contributed by atoms with van der Waals surface area (Å²) in [5.41, 5.74) is 1.81. The third-order valence-corrected chi connectivity index (χ3v) is 3.46. The van der Waals surface area contributed by atoms with Gasteiger partial charge in [0.15, 0.2) is 0 Å². The number of piperidine rings is 1. The van der Waals surface area contributed by atoms with Gasteiger partial charge in [-0.1, -0.05) is 0 Å². The maximum Gasteiger partial charge on any atom is 0.322 e. The van der Waals surface area contributed by atoms with E-state index in [9.17, 15) is 4.79 Å². The predicted octanol–water partition coefficient (Wildman–Crippen LogP) is 1.18. The molecular weight excluding hydrogens is 216 g/mol. The minimum absolute atomic E-state index is 0.0115. The van der Waals surface area contributed by atoms with Gasteiger partial charge in [0.25, 0.3) is 0 Å². The maximum atomic E-state index is 12.0. The van der Waals surface area contributed by atoms with E-state index in [1.165, 1.54) is 0 Å². The van der Waals surface area contributed by atoms with Gasteiger partial charge in [-0.3, -0.25) is 4.98 Å². The third-order valence-electron chi connectivity index (χ3n) is 3.46. The second-order valence-corrected chi connectivity index (χ2v) is 4.54. The number of carbonyl (C=O) groups is 1. The van der Waals surface area contributed by atoms with Gasteiger partial charge < -0.3 is 15.5 Å². The van der Waals surface area contributed by atoms with Crippen molar-refractivity contribution in [3.05, 3.63) is 24.0 Å². The Morgan fingerprint density at radius 1 is 1.35 bits per heavy atom. The lowest BCUT2D eigenvalue weighted by molar-refractivity contribution is 0.162. The molecule has 0 radical (unpaired) electrons. The van der Waals surface area contributed by atoms with Gasteiger partial charge in [-0.05, 0) is 38.1 Å². The Morgan fingerprint density at radius 3 is 3.00 bits per heavy atom. The largest absolute Gasteiger partial charge is 0.322 e. The minimum atomic E-state index is 0.0115. The van der Waals surface area contributed by atoms with Gasteiger partial charge in [-0.2, -0.15) is 0 Å². The van der Waals surface area contributed by atoms with Crippen LogP contribution in [0.1, 0.15) is 18.5 Å². The van der Waals surface area contributed by atoms with Crippen LogP contribution in [-0.2, 0) is 6.54 Å². The Balaban J connectivity index is 1.81. The number of amides is 2. The Hall–Kier alpha value is -1.62. The van der Waals surface area contributed by atoms with Crippen molar-refractivity contribution in [2.45, 2.75) is 25.4 Å². The zero-order valence-corrected chi connectivity index (χ0v) is 9.65. The van der Waals surface area contributed by atoms with Crippen LogP contribution in [0.2, 0.25) is 0 Å². The number of hydrogen-bond donors (Lipinski definition) is 2. The summed E-state index contributed by atoms with van der Waals surface area (Å²) in [5.74, 6) is 0. The lowest BCUT2D eigenvalue weighted by atomic mass is 10.0. The molecule has 2 aliphatic heterocycles. The zero-order chi connectivity index (χ0) is 11.7. The molecular formula is C12H16N4O. The summed E-state index contributed by atoms with van der Waals surface area (Å²) in [4.78, 5) is 18.3. The molecule has 1 fully saturated rings. The van der Waals surface area contributed by atoms with E-state index in [2.05, 4.69) is 15.6 Å². The molecule has 5 heteroatoms. The van der Waals surface area contributed by atoms with Gasteiger partial charge in [-0.25, -0.2) is 4.79 Å². The molecule has 3 heterocycles. The highest BCUT2D eigenvalue weighted by molar-refractivity contribution is 5.92. The fourth-order valence-electron chi connectivity index (χ4n) is 2.51. The average Bonchev–Trinajstić information content (AvgIpc) is 2.39. The van der Waals surface area contributed by atoms with E-state index in [-0.39, 0.29) is 6.03 Å². The SMILES string of the molecule is O=C1Nc2cccnc2CN1C1CCNCC1. The van der Waals surface area contributed by atoms with Gasteiger partial charge in [0.05, 0.1) is 17.9 Å². The van der Waals surface area contributed by atoms with E-state index in [0.717, 1.165) is 37.3 Å². The van der Waals surface area contributed by atoms with Crippen LogP contribution in [0.25, 0.3) is 0 Å². The molecule has 0 atom stereocenters. The molecule has 17 heavy (non-hydrogen) atoms. The zero-order valence-electron chi connectivity index (χ0n) is 9.65. The van der Waals surface area contributed by atoms with Crippen LogP contribution in [0.15, 0.2) is 18.3 Å². The molecule has 90 valence electrons. The van der Waals surface area contributed by atoms with Gasteiger partial charge in [0.1, 0.15) is 0 Å². The fraction of sp³-hybridized carbons (Fsp3) is 0.500. The molecule has 0 aromatic carbocycles. The third kappa shape index (κ3) is 1.98. The Bertz CT molecular complexity index is 428. The summed E-state index contributed by atoms with van der Waals surface area (Å²) in [7, 11) is 0. The predicted molar refractivity (Wildman–Crippen MR) is 64.7 cm³/mol. The van der Waals surface area contributed by atoms with Crippen molar-refractivity contribution in [1.82, 2.24) is 15.2 Å². The lowest BCUT2D eigenvalue weighted by Gasteiger charge is -2.37. The number of nitrogens with zero attached hydrogens (tertiary/aromatic N) is 2. The highest BCUT2D eigenvalue weighted by Crippen LogP contribution is 2.24. The summed E-state index contributed by atoms with van der Waals surface area (Å²) in [6.45, 7) is 2.61. The molecule has 0 saturated carbocycles. The maximum absolute atomic E-state index is 12.0. The highest BCUT2D eigenvalue weighted by atomic mass is 16.2. The topological polar surface area (TPSA) is 57.3 Å². The van der Waals surface area contributed by atoms with E-state index >= 15 is 0 Å². The first-order chi connectivity index (χ1) is 8.34.